The predicted octanol–water partition coefficient (Wildman–Crippen LogP) is 4.93. The SMILES string of the molecule is COC(=O)NC(C(=O)N1CC2(CC1c1ncc(-c3ccc(-c4ccc(-c5cnc(C6CC7(CN6C(=O)C(NC(=O)OC)C(C)C)OCCO7)[nH]5)cc4)cc3)[nH]1)OCCO2)C(C)C. The van der Waals surface area contributed by atoms with E-state index in [9.17, 15) is 19.2 Å². The number of carbonyl (C=O) groups is 4. The van der Waals surface area contributed by atoms with Gasteiger partial charge in [0, 0.05) is 12.8 Å². The van der Waals surface area contributed by atoms with Crippen LogP contribution in [-0.4, -0.2) is 131 Å². The number of hydrogen-bond donors (Lipinski definition) is 4. The Balaban J connectivity index is 0.965. The highest BCUT2D eigenvalue weighted by molar-refractivity contribution is 5.87. The second-order valence-electron chi connectivity index (χ2n) is 16.8. The molecule has 4 unspecified atom stereocenters. The molecule has 18 heteroatoms. The Kier molecular flexibility index (Phi) is 12.1. The number of carbonyl (C=O) groups excluding carboxylic acids is 4. The van der Waals surface area contributed by atoms with E-state index < -0.39 is 47.9 Å². The van der Waals surface area contributed by atoms with Crippen molar-refractivity contribution in [2.24, 2.45) is 11.8 Å². The summed E-state index contributed by atoms with van der Waals surface area (Å²) in [6.07, 6.45) is 2.93. The molecule has 0 saturated carbocycles. The first-order chi connectivity index (χ1) is 29.8. The lowest BCUT2D eigenvalue weighted by Gasteiger charge is -2.30. The van der Waals surface area contributed by atoms with Crippen LogP contribution in [0.25, 0.3) is 33.6 Å². The molecule has 4 aliphatic rings. The molecule has 2 aromatic carbocycles. The molecule has 4 atom stereocenters. The summed E-state index contributed by atoms with van der Waals surface area (Å²) >= 11 is 0. The summed E-state index contributed by atoms with van der Waals surface area (Å²) < 4.78 is 33.7. The van der Waals surface area contributed by atoms with E-state index in [0.717, 1.165) is 33.6 Å². The highest BCUT2D eigenvalue weighted by Gasteiger charge is 2.54. The van der Waals surface area contributed by atoms with Gasteiger partial charge in [-0.05, 0) is 34.1 Å². The zero-order valence-corrected chi connectivity index (χ0v) is 35.8. The Morgan fingerprint density at radius 2 is 0.952 bits per heavy atom. The molecule has 8 rings (SSSR count). The molecule has 0 radical (unpaired) electrons. The van der Waals surface area contributed by atoms with Crippen molar-refractivity contribution in [2.45, 2.75) is 76.3 Å². The van der Waals surface area contributed by atoms with Gasteiger partial charge in [-0.15, -0.1) is 0 Å². The van der Waals surface area contributed by atoms with E-state index in [2.05, 4.69) is 20.6 Å². The molecular weight excluding hydrogens is 801 g/mol. The number of amides is 4. The second kappa shape index (κ2) is 17.5. The number of H-pyrrole nitrogens is 2. The normalized spacial score (nSPS) is 21.2. The molecule has 4 fully saturated rings. The first-order valence-electron chi connectivity index (χ1n) is 21.0. The van der Waals surface area contributed by atoms with E-state index in [0.29, 0.717) is 50.9 Å². The zero-order valence-electron chi connectivity index (χ0n) is 35.8. The standard InChI is InChI=1S/C44H54N8O10/c1-25(2)35(49-41(55)57-5)39(53)51-23-43(59-15-16-60-43)19-33(51)37-45-21-31(47-37)29-11-7-27(8-12-29)28-9-13-30(14-10-28)32-22-46-38(48-32)34-20-44(61-17-18-62-44)24-52(34)40(54)36(26(3)4)50-42(56)58-6/h7-14,21-22,25-26,33-36H,15-20,23-24H2,1-6H3,(H,45,47)(H,46,48)(H,49,55)(H,50,56). The van der Waals surface area contributed by atoms with Gasteiger partial charge in [0.25, 0.3) is 0 Å². The molecule has 4 saturated heterocycles. The maximum Gasteiger partial charge on any atom is 0.407 e. The lowest BCUT2D eigenvalue weighted by molar-refractivity contribution is -0.153. The molecule has 4 aromatic rings. The van der Waals surface area contributed by atoms with Crippen molar-refractivity contribution >= 4 is 24.0 Å². The molecule has 2 aromatic heterocycles. The predicted molar refractivity (Wildman–Crippen MR) is 223 cm³/mol. The first-order valence-corrected chi connectivity index (χ1v) is 21.0. The van der Waals surface area contributed by atoms with Crippen molar-refractivity contribution < 1.29 is 47.6 Å². The average Bonchev–Trinajstić information content (AvgIpc) is 4.15. The van der Waals surface area contributed by atoms with Crippen LogP contribution in [0.3, 0.4) is 0 Å². The number of likely N-dealkylation sites (tertiary alicyclic amines) is 2. The summed E-state index contributed by atoms with van der Waals surface area (Å²) in [5.74, 6) is -1.64. The number of nitrogens with one attached hydrogen (secondary N) is 4. The summed E-state index contributed by atoms with van der Waals surface area (Å²) in [6, 6.07) is 13.7. The van der Waals surface area contributed by atoms with Gasteiger partial charge in [-0.3, -0.25) is 9.59 Å². The van der Waals surface area contributed by atoms with Crippen LogP contribution in [0.15, 0.2) is 60.9 Å². The fourth-order valence-electron chi connectivity index (χ4n) is 8.79. The largest absolute Gasteiger partial charge is 0.453 e. The molecule has 330 valence electrons. The summed E-state index contributed by atoms with van der Waals surface area (Å²) in [6.45, 7) is 9.60. The maximum atomic E-state index is 14.0. The third kappa shape index (κ3) is 8.51. The van der Waals surface area contributed by atoms with Gasteiger partial charge in [-0.2, -0.15) is 0 Å². The van der Waals surface area contributed by atoms with Crippen LogP contribution in [0, 0.1) is 11.8 Å². The minimum atomic E-state index is -0.944. The lowest BCUT2D eigenvalue weighted by Crippen LogP contribution is -2.52. The van der Waals surface area contributed by atoms with Gasteiger partial charge >= 0.3 is 12.2 Å². The van der Waals surface area contributed by atoms with E-state index in [1.54, 1.807) is 22.2 Å². The van der Waals surface area contributed by atoms with E-state index in [1.807, 2.05) is 76.2 Å². The zero-order chi connectivity index (χ0) is 43.8. The Hall–Kier alpha value is -5.82. The van der Waals surface area contributed by atoms with E-state index in [4.69, 9.17) is 38.4 Å². The summed E-state index contributed by atoms with van der Waals surface area (Å²) in [5.41, 5.74) is 5.41. The van der Waals surface area contributed by atoms with Gasteiger partial charge in [0.15, 0.2) is 11.6 Å². The minimum Gasteiger partial charge on any atom is -0.453 e. The molecule has 18 nitrogen and oxygen atoms in total. The third-order valence-electron chi connectivity index (χ3n) is 12.1. The van der Waals surface area contributed by atoms with Crippen LogP contribution >= 0.6 is 0 Å². The van der Waals surface area contributed by atoms with Crippen molar-refractivity contribution in [2.75, 3.05) is 53.7 Å². The average molecular weight is 855 g/mol. The van der Waals surface area contributed by atoms with Crippen molar-refractivity contribution in [1.29, 1.82) is 0 Å². The molecule has 6 heterocycles. The van der Waals surface area contributed by atoms with Crippen molar-refractivity contribution in [1.82, 2.24) is 40.4 Å². The van der Waals surface area contributed by atoms with Crippen LogP contribution in [0.2, 0.25) is 0 Å². The van der Waals surface area contributed by atoms with Crippen molar-refractivity contribution in [3.05, 3.63) is 72.6 Å². The first kappa shape index (κ1) is 42.9. The second-order valence-corrected chi connectivity index (χ2v) is 16.8. The number of aromatic nitrogens is 4. The van der Waals surface area contributed by atoms with E-state index in [1.165, 1.54) is 14.2 Å². The van der Waals surface area contributed by atoms with Crippen LogP contribution in [0.4, 0.5) is 9.59 Å². The van der Waals surface area contributed by atoms with Crippen LogP contribution < -0.4 is 10.6 Å². The number of aromatic amines is 2. The lowest BCUT2D eigenvalue weighted by atomic mass is 10.0. The number of nitrogens with zero attached hydrogens (tertiary/aromatic N) is 4. The monoisotopic (exact) mass is 854 g/mol. The Bertz CT molecular complexity index is 2090. The number of hydrogen-bond acceptors (Lipinski definition) is 12. The highest BCUT2D eigenvalue weighted by atomic mass is 16.7. The highest BCUT2D eigenvalue weighted by Crippen LogP contribution is 2.44. The summed E-state index contributed by atoms with van der Waals surface area (Å²) in [7, 11) is 2.53. The van der Waals surface area contributed by atoms with Gasteiger partial charge in [0.05, 0.1) is 89.6 Å². The number of imidazole rings is 2. The van der Waals surface area contributed by atoms with E-state index >= 15 is 0 Å². The third-order valence-corrected chi connectivity index (χ3v) is 12.1. The molecule has 4 N–H and O–H groups in total. The maximum absolute atomic E-state index is 14.0. The Morgan fingerprint density at radius 1 is 0.613 bits per heavy atom. The Morgan fingerprint density at radius 3 is 1.27 bits per heavy atom. The topological polar surface area (TPSA) is 212 Å². The van der Waals surface area contributed by atoms with Gasteiger partial charge in [0.2, 0.25) is 11.8 Å². The molecule has 2 spiro atoms. The number of rotatable bonds is 11. The minimum absolute atomic E-state index is 0.199. The van der Waals surface area contributed by atoms with Crippen LogP contribution in [0.1, 0.15) is 64.3 Å². The quantitative estimate of drug-likeness (QED) is 0.158. The van der Waals surface area contributed by atoms with Crippen LogP contribution in [-0.2, 0) is 38.0 Å². The molecule has 4 amide bonds. The van der Waals surface area contributed by atoms with Crippen LogP contribution in [0.5, 0.6) is 0 Å². The molecule has 0 bridgehead atoms. The van der Waals surface area contributed by atoms with Gasteiger partial charge in [0.1, 0.15) is 23.7 Å². The number of alkyl carbamates (subject to hydrolysis) is 2. The number of methoxy groups -OCH3 is 2. The van der Waals surface area contributed by atoms with Crippen molar-refractivity contribution in [3.8, 4) is 33.6 Å². The van der Waals surface area contributed by atoms with Gasteiger partial charge < -0.3 is 58.8 Å². The van der Waals surface area contributed by atoms with E-state index in [-0.39, 0.29) is 36.7 Å². The van der Waals surface area contributed by atoms with Gasteiger partial charge in [-0.1, -0.05) is 76.2 Å². The fraction of sp³-hybridized carbons (Fsp3) is 0.500. The molecular formula is C44H54N8O10. The molecule has 0 aliphatic carbocycles. The summed E-state index contributed by atoms with van der Waals surface area (Å²) in [4.78, 5) is 71.9. The van der Waals surface area contributed by atoms with Crippen molar-refractivity contribution in [3.63, 3.8) is 0 Å². The Labute approximate surface area is 359 Å². The number of benzene rings is 2. The van der Waals surface area contributed by atoms with Gasteiger partial charge in [-0.25, -0.2) is 19.6 Å². The molecule has 62 heavy (non-hydrogen) atoms. The fourth-order valence-corrected chi connectivity index (χ4v) is 8.79. The summed E-state index contributed by atoms with van der Waals surface area (Å²) in [5, 5.41) is 5.38. The number of ether oxygens (including phenoxy) is 6. The molecule has 4 aliphatic heterocycles. The smallest absolute Gasteiger partial charge is 0.407 e.